The van der Waals surface area contributed by atoms with Crippen molar-refractivity contribution in [1.29, 1.82) is 0 Å². The third-order valence-corrected chi connectivity index (χ3v) is 2.75. The maximum atomic E-state index is 11.9. The lowest BCUT2D eigenvalue weighted by Gasteiger charge is -2.18. The lowest BCUT2D eigenvalue weighted by molar-refractivity contribution is -0.177. The van der Waals surface area contributed by atoms with Crippen LogP contribution in [0.3, 0.4) is 0 Å². The maximum absolute atomic E-state index is 11.9. The van der Waals surface area contributed by atoms with E-state index in [1.807, 2.05) is 0 Å². The normalized spacial score (nSPS) is 22.4. The highest BCUT2D eigenvalue weighted by Gasteiger charge is 2.47. The fourth-order valence-electron chi connectivity index (χ4n) is 1.98. The average molecular weight is 262 g/mol. The van der Waals surface area contributed by atoms with Crippen molar-refractivity contribution >= 4 is 17.5 Å². The van der Waals surface area contributed by atoms with Gasteiger partial charge < -0.3 is 14.6 Å². The molecule has 1 atom stereocenters. The molecule has 0 bridgehead atoms. The standard InChI is InChI=1S/C14H14O5/c1-3-18-13(16)11-10(9-7-5-4-6-8-9)12(15)19-14(11,2)17/h4-8,17H,3H2,1-2H3. The molecule has 0 saturated carbocycles. The first-order chi connectivity index (χ1) is 8.97. The van der Waals surface area contributed by atoms with Crippen LogP contribution in [-0.2, 0) is 19.1 Å². The van der Waals surface area contributed by atoms with E-state index in [4.69, 9.17) is 9.47 Å². The molecule has 1 aliphatic heterocycles. The summed E-state index contributed by atoms with van der Waals surface area (Å²) in [7, 11) is 0. The summed E-state index contributed by atoms with van der Waals surface area (Å²) in [5, 5.41) is 10.1. The zero-order valence-electron chi connectivity index (χ0n) is 10.7. The van der Waals surface area contributed by atoms with Gasteiger partial charge in [0.2, 0.25) is 5.79 Å². The van der Waals surface area contributed by atoms with Gasteiger partial charge in [0, 0.05) is 6.92 Å². The minimum absolute atomic E-state index is 0.0454. The van der Waals surface area contributed by atoms with Gasteiger partial charge in [-0.05, 0) is 12.5 Å². The first-order valence-corrected chi connectivity index (χ1v) is 5.90. The number of ether oxygens (including phenoxy) is 2. The molecule has 1 unspecified atom stereocenters. The Kier molecular flexibility index (Phi) is 3.40. The van der Waals surface area contributed by atoms with Gasteiger partial charge in [-0.1, -0.05) is 30.3 Å². The van der Waals surface area contributed by atoms with Crippen molar-refractivity contribution < 1.29 is 24.2 Å². The van der Waals surface area contributed by atoms with E-state index in [2.05, 4.69) is 0 Å². The number of rotatable bonds is 3. The Balaban J connectivity index is 2.58. The summed E-state index contributed by atoms with van der Waals surface area (Å²) >= 11 is 0. The van der Waals surface area contributed by atoms with Crippen molar-refractivity contribution in [3.05, 3.63) is 41.5 Å². The molecule has 2 rings (SSSR count). The first kappa shape index (κ1) is 13.3. The van der Waals surface area contributed by atoms with Crippen LogP contribution in [0.5, 0.6) is 0 Å². The van der Waals surface area contributed by atoms with E-state index in [0.29, 0.717) is 5.56 Å². The lowest BCUT2D eigenvalue weighted by atomic mass is 9.98. The second kappa shape index (κ2) is 4.85. The maximum Gasteiger partial charge on any atom is 0.342 e. The summed E-state index contributed by atoms with van der Waals surface area (Å²) in [6.45, 7) is 3.04. The summed E-state index contributed by atoms with van der Waals surface area (Å²) < 4.78 is 9.71. The van der Waals surface area contributed by atoms with Crippen molar-refractivity contribution in [2.75, 3.05) is 6.61 Å². The Morgan fingerprint density at radius 1 is 1.37 bits per heavy atom. The van der Waals surface area contributed by atoms with Crippen molar-refractivity contribution in [1.82, 2.24) is 0 Å². The molecule has 0 fully saturated rings. The van der Waals surface area contributed by atoms with Crippen LogP contribution in [-0.4, -0.2) is 29.4 Å². The molecular weight excluding hydrogens is 248 g/mol. The molecular formula is C14H14O5. The summed E-state index contributed by atoms with van der Waals surface area (Å²) in [4.78, 5) is 23.8. The molecule has 1 aromatic rings. The van der Waals surface area contributed by atoms with Crippen LogP contribution < -0.4 is 0 Å². The van der Waals surface area contributed by atoms with Crippen LogP contribution in [0.4, 0.5) is 0 Å². The Bertz CT molecular complexity index is 542. The van der Waals surface area contributed by atoms with Gasteiger partial charge in [0.1, 0.15) is 5.57 Å². The minimum atomic E-state index is -1.96. The number of esters is 2. The number of carbonyl (C=O) groups excluding carboxylic acids is 2. The fourth-order valence-corrected chi connectivity index (χ4v) is 1.98. The molecule has 0 radical (unpaired) electrons. The molecule has 100 valence electrons. The van der Waals surface area contributed by atoms with Crippen molar-refractivity contribution in [2.24, 2.45) is 0 Å². The molecule has 1 aromatic carbocycles. The van der Waals surface area contributed by atoms with E-state index >= 15 is 0 Å². The summed E-state index contributed by atoms with van der Waals surface area (Å²) in [6.07, 6.45) is 0. The molecule has 1 heterocycles. The first-order valence-electron chi connectivity index (χ1n) is 5.90. The van der Waals surface area contributed by atoms with Crippen LogP contribution in [0.2, 0.25) is 0 Å². The average Bonchev–Trinajstić information content (AvgIpc) is 2.60. The van der Waals surface area contributed by atoms with Crippen LogP contribution in [0.25, 0.3) is 5.57 Å². The summed E-state index contributed by atoms with van der Waals surface area (Å²) in [6, 6.07) is 8.57. The van der Waals surface area contributed by atoms with E-state index in [1.54, 1.807) is 37.3 Å². The van der Waals surface area contributed by atoms with Crippen LogP contribution in [0.1, 0.15) is 19.4 Å². The Morgan fingerprint density at radius 3 is 2.58 bits per heavy atom. The molecule has 5 nitrogen and oxygen atoms in total. The van der Waals surface area contributed by atoms with Crippen molar-refractivity contribution in [2.45, 2.75) is 19.6 Å². The van der Waals surface area contributed by atoms with E-state index in [-0.39, 0.29) is 17.8 Å². The number of hydrogen-bond donors (Lipinski definition) is 1. The summed E-state index contributed by atoms with van der Waals surface area (Å²) in [5.74, 6) is -3.45. The van der Waals surface area contributed by atoms with E-state index in [9.17, 15) is 14.7 Å². The second-order valence-electron chi connectivity index (χ2n) is 4.21. The molecule has 0 aliphatic carbocycles. The monoisotopic (exact) mass is 262 g/mol. The SMILES string of the molecule is CCOC(=O)C1=C(c2ccccc2)C(=O)OC1(C)O. The second-order valence-corrected chi connectivity index (χ2v) is 4.21. The Morgan fingerprint density at radius 2 is 2.00 bits per heavy atom. The predicted octanol–water partition coefficient (Wildman–Crippen LogP) is 1.27. The zero-order chi connectivity index (χ0) is 14.0. The number of aliphatic hydroxyl groups is 1. The molecule has 0 spiro atoms. The van der Waals surface area contributed by atoms with Gasteiger partial charge in [-0.2, -0.15) is 0 Å². The number of carbonyl (C=O) groups is 2. The van der Waals surface area contributed by atoms with E-state index in [1.165, 1.54) is 6.92 Å². The highest BCUT2D eigenvalue weighted by molar-refractivity contribution is 6.25. The van der Waals surface area contributed by atoms with Crippen LogP contribution in [0, 0.1) is 0 Å². The van der Waals surface area contributed by atoms with Gasteiger partial charge in [0.15, 0.2) is 0 Å². The van der Waals surface area contributed by atoms with Crippen molar-refractivity contribution in [3.8, 4) is 0 Å². The molecule has 1 N–H and O–H groups in total. The third kappa shape index (κ3) is 2.37. The Hall–Kier alpha value is -2.14. The van der Waals surface area contributed by atoms with Gasteiger partial charge in [0.05, 0.1) is 12.2 Å². The lowest BCUT2D eigenvalue weighted by Crippen LogP contribution is -2.31. The highest BCUT2D eigenvalue weighted by Crippen LogP contribution is 2.36. The molecule has 1 aliphatic rings. The number of cyclic esters (lactones) is 1. The van der Waals surface area contributed by atoms with Gasteiger partial charge in [-0.15, -0.1) is 0 Å². The Labute approximate surface area is 110 Å². The van der Waals surface area contributed by atoms with Gasteiger partial charge in [-0.25, -0.2) is 9.59 Å². The van der Waals surface area contributed by atoms with Crippen LogP contribution >= 0.6 is 0 Å². The molecule has 19 heavy (non-hydrogen) atoms. The van der Waals surface area contributed by atoms with Gasteiger partial charge in [-0.3, -0.25) is 0 Å². The highest BCUT2D eigenvalue weighted by atomic mass is 16.7. The minimum Gasteiger partial charge on any atom is -0.462 e. The largest absolute Gasteiger partial charge is 0.462 e. The molecule has 0 aromatic heterocycles. The van der Waals surface area contributed by atoms with Crippen molar-refractivity contribution in [3.63, 3.8) is 0 Å². The van der Waals surface area contributed by atoms with E-state index in [0.717, 1.165) is 0 Å². The number of benzene rings is 1. The quantitative estimate of drug-likeness (QED) is 0.830. The smallest absolute Gasteiger partial charge is 0.342 e. The third-order valence-electron chi connectivity index (χ3n) is 2.75. The predicted molar refractivity (Wildman–Crippen MR) is 66.7 cm³/mol. The van der Waals surface area contributed by atoms with Gasteiger partial charge in [0.25, 0.3) is 0 Å². The van der Waals surface area contributed by atoms with E-state index < -0.39 is 17.7 Å². The van der Waals surface area contributed by atoms with Gasteiger partial charge >= 0.3 is 11.9 Å². The van der Waals surface area contributed by atoms with Crippen LogP contribution in [0.15, 0.2) is 35.9 Å². The fraction of sp³-hybridized carbons (Fsp3) is 0.286. The summed E-state index contributed by atoms with van der Waals surface area (Å²) in [5.41, 5.74) is 0.392. The molecule has 5 heteroatoms. The number of hydrogen-bond acceptors (Lipinski definition) is 5. The zero-order valence-corrected chi connectivity index (χ0v) is 10.7. The molecule has 0 amide bonds. The topological polar surface area (TPSA) is 72.8 Å². The molecule has 0 saturated heterocycles.